The van der Waals surface area contributed by atoms with E-state index < -0.39 is 14.1 Å². The van der Waals surface area contributed by atoms with Crippen molar-refractivity contribution in [3.05, 3.63) is 48.0 Å². The van der Waals surface area contributed by atoms with E-state index in [0.29, 0.717) is 18.8 Å². The van der Waals surface area contributed by atoms with Crippen LogP contribution in [0.5, 0.6) is 0 Å². The molecule has 1 aliphatic heterocycles. The van der Waals surface area contributed by atoms with Gasteiger partial charge < -0.3 is 19.0 Å². The Labute approximate surface area is 152 Å². The van der Waals surface area contributed by atoms with Crippen LogP contribution < -0.4 is 0 Å². The second-order valence-corrected chi connectivity index (χ2v) is 13.3. The highest BCUT2D eigenvalue weighted by atomic mass is 28.4. The lowest BCUT2D eigenvalue weighted by atomic mass is 10.0. The van der Waals surface area contributed by atoms with Crippen molar-refractivity contribution in [2.75, 3.05) is 6.61 Å². The molecule has 0 amide bonds. The molecule has 0 bridgehead atoms. The first-order valence-electron chi connectivity index (χ1n) is 8.83. The molecular formula is C20H32O4Si. The third kappa shape index (κ3) is 4.80. The van der Waals surface area contributed by atoms with Crippen molar-refractivity contribution in [1.29, 1.82) is 0 Å². The van der Waals surface area contributed by atoms with Crippen LogP contribution in [0, 0.1) is 0 Å². The molecule has 140 valence electrons. The second kappa shape index (κ2) is 7.33. The number of benzene rings is 1. The van der Waals surface area contributed by atoms with Crippen molar-refractivity contribution >= 4 is 8.32 Å². The maximum Gasteiger partial charge on any atom is 0.192 e. The van der Waals surface area contributed by atoms with E-state index >= 15 is 0 Å². The van der Waals surface area contributed by atoms with E-state index in [4.69, 9.17) is 13.9 Å². The number of hydrogen-bond acceptors (Lipinski definition) is 4. The molecule has 1 aromatic rings. The molecule has 1 N–H and O–H groups in total. The van der Waals surface area contributed by atoms with Crippen LogP contribution in [0.3, 0.4) is 0 Å². The van der Waals surface area contributed by atoms with E-state index in [9.17, 15) is 5.11 Å². The van der Waals surface area contributed by atoms with Crippen LogP contribution in [0.25, 0.3) is 0 Å². The molecular weight excluding hydrogens is 332 g/mol. The Balaban J connectivity index is 2.05. The minimum absolute atomic E-state index is 0.117. The van der Waals surface area contributed by atoms with Gasteiger partial charge in [-0.15, -0.1) is 0 Å². The summed E-state index contributed by atoms with van der Waals surface area (Å²) in [6.45, 7) is 17.5. The van der Waals surface area contributed by atoms with Crippen LogP contribution in [0.2, 0.25) is 18.1 Å². The zero-order valence-electron chi connectivity index (χ0n) is 16.3. The van der Waals surface area contributed by atoms with Gasteiger partial charge in [0.15, 0.2) is 14.1 Å². The first-order valence-corrected chi connectivity index (χ1v) is 11.7. The van der Waals surface area contributed by atoms with E-state index in [1.807, 2.05) is 30.3 Å². The summed E-state index contributed by atoms with van der Waals surface area (Å²) in [4.78, 5) is 0. The number of ether oxygens (including phenoxy) is 2. The molecule has 1 aliphatic rings. The average Bonchev–Trinajstić information content (AvgIpc) is 2.73. The van der Waals surface area contributed by atoms with Crippen LogP contribution in [-0.4, -0.2) is 38.0 Å². The standard InChI is InChI=1S/C20H32O4Si/c1-15-18(22-13-16-11-9-8-10-12-16)17(24-20(15,5)21)14-23-25(6,7)19(2,3)4/h8-12,17-18,21H,1,13-14H2,2-7H3/t17-,18+,20?/m1/s1. The van der Waals surface area contributed by atoms with E-state index in [-0.39, 0.29) is 17.2 Å². The van der Waals surface area contributed by atoms with Crippen molar-refractivity contribution in [3.63, 3.8) is 0 Å². The fourth-order valence-corrected chi connectivity index (χ4v) is 3.53. The molecule has 1 unspecified atom stereocenters. The van der Waals surface area contributed by atoms with Crippen molar-refractivity contribution in [2.24, 2.45) is 0 Å². The molecule has 1 saturated heterocycles. The van der Waals surface area contributed by atoms with E-state index in [1.165, 1.54) is 0 Å². The zero-order chi connectivity index (χ0) is 18.9. The number of aliphatic hydroxyl groups is 1. The largest absolute Gasteiger partial charge is 0.414 e. The van der Waals surface area contributed by atoms with Gasteiger partial charge in [-0.3, -0.25) is 0 Å². The molecule has 0 aromatic heterocycles. The van der Waals surface area contributed by atoms with Gasteiger partial charge in [0, 0.05) is 5.57 Å². The Kier molecular flexibility index (Phi) is 5.96. The molecule has 0 radical (unpaired) electrons. The molecule has 0 spiro atoms. The quantitative estimate of drug-likeness (QED) is 0.605. The van der Waals surface area contributed by atoms with Gasteiger partial charge in [-0.05, 0) is 30.6 Å². The summed E-state index contributed by atoms with van der Waals surface area (Å²) < 4.78 is 18.1. The highest BCUT2D eigenvalue weighted by Crippen LogP contribution is 2.39. The maximum atomic E-state index is 10.4. The Bertz CT molecular complexity index is 589. The predicted molar refractivity (Wildman–Crippen MR) is 103 cm³/mol. The van der Waals surface area contributed by atoms with Crippen LogP contribution in [-0.2, 0) is 20.5 Å². The molecule has 4 nitrogen and oxygen atoms in total. The molecule has 0 saturated carbocycles. The Hall–Kier alpha value is -0.983. The highest BCUT2D eigenvalue weighted by Gasteiger charge is 2.48. The van der Waals surface area contributed by atoms with Crippen LogP contribution >= 0.6 is 0 Å². The summed E-state index contributed by atoms with van der Waals surface area (Å²) in [6.07, 6.45) is -0.750. The molecule has 1 heterocycles. The van der Waals surface area contributed by atoms with Gasteiger partial charge in [0.25, 0.3) is 0 Å². The van der Waals surface area contributed by atoms with Crippen molar-refractivity contribution in [1.82, 2.24) is 0 Å². The lowest BCUT2D eigenvalue weighted by Gasteiger charge is -2.37. The molecule has 1 fully saturated rings. The fraction of sp³-hybridized carbons (Fsp3) is 0.600. The smallest absolute Gasteiger partial charge is 0.192 e. The Morgan fingerprint density at radius 2 is 1.84 bits per heavy atom. The van der Waals surface area contributed by atoms with Gasteiger partial charge in [-0.2, -0.15) is 0 Å². The summed E-state index contributed by atoms with van der Waals surface area (Å²) in [5, 5.41) is 10.6. The van der Waals surface area contributed by atoms with Gasteiger partial charge in [0.2, 0.25) is 0 Å². The van der Waals surface area contributed by atoms with Gasteiger partial charge in [0.05, 0.1) is 13.2 Å². The fourth-order valence-electron chi connectivity index (χ4n) is 2.52. The highest BCUT2D eigenvalue weighted by molar-refractivity contribution is 6.74. The Morgan fingerprint density at radius 1 is 1.24 bits per heavy atom. The molecule has 0 aliphatic carbocycles. The minimum Gasteiger partial charge on any atom is -0.414 e. The lowest BCUT2D eigenvalue weighted by Crippen LogP contribution is -2.44. The molecule has 1 aromatic carbocycles. The monoisotopic (exact) mass is 364 g/mol. The molecule has 3 atom stereocenters. The molecule has 25 heavy (non-hydrogen) atoms. The molecule has 2 rings (SSSR count). The maximum absolute atomic E-state index is 10.4. The number of rotatable bonds is 6. The third-order valence-electron chi connectivity index (χ3n) is 5.34. The first kappa shape index (κ1) is 20.3. The van der Waals surface area contributed by atoms with Crippen molar-refractivity contribution < 1.29 is 19.0 Å². The van der Waals surface area contributed by atoms with E-state index in [2.05, 4.69) is 40.4 Å². The second-order valence-electron chi connectivity index (χ2n) is 8.45. The van der Waals surface area contributed by atoms with Crippen molar-refractivity contribution in [2.45, 2.75) is 70.4 Å². The van der Waals surface area contributed by atoms with Crippen LogP contribution in [0.1, 0.15) is 33.3 Å². The number of hydrogen-bond donors (Lipinski definition) is 1. The average molecular weight is 365 g/mol. The lowest BCUT2D eigenvalue weighted by molar-refractivity contribution is -0.172. The summed E-state index contributed by atoms with van der Waals surface area (Å²) in [6, 6.07) is 9.96. The van der Waals surface area contributed by atoms with Gasteiger partial charge in [-0.1, -0.05) is 57.7 Å². The summed E-state index contributed by atoms with van der Waals surface area (Å²) in [5.41, 5.74) is 1.62. The third-order valence-corrected chi connectivity index (χ3v) is 9.85. The first-order chi connectivity index (χ1) is 11.4. The van der Waals surface area contributed by atoms with E-state index in [1.54, 1.807) is 6.92 Å². The van der Waals surface area contributed by atoms with Crippen LogP contribution in [0.15, 0.2) is 42.5 Å². The normalized spacial score (nSPS) is 27.7. The Morgan fingerprint density at radius 3 is 2.40 bits per heavy atom. The van der Waals surface area contributed by atoms with Crippen molar-refractivity contribution in [3.8, 4) is 0 Å². The SMILES string of the molecule is C=C1[C@H](OCc2ccccc2)[C@@H](CO[Si](C)(C)C(C)(C)C)OC1(C)O. The van der Waals surface area contributed by atoms with Gasteiger partial charge in [0.1, 0.15) is 12.2 Å². The summed E-state index contributed by atoms with van der Waals surface area (Å²) in [7, 11) is -1.90. The molecule has 5 heteroatoms. The zero-order valence-corrected chi connectivity index (χ0v) is 17.3. The minimum atomic E-state index is -1.90. The predicted octanol–water partition coefficient (Wildman–Crippen LogP) is 4.26. The summed E-state index contributed by atoms with van der Waals surface area (Å²) >= 11 is 0. The van der Waals surface area contributed by atoms with Gasteiger partial charge >= 0.3 is 0 Å². The van der Waals surface area contributed by atoms with E-state index in [0.717, 1.165) is 5.56 Å². The topological polar surface area (TPSA) is 47.9 Å². The van der Waals surface area contributed by atoms with Crippen LogP contribution in [0.4, 0.5) is 0 Å². The van der Waals surface area contributed by atoms with Gasteiger partial charge in [-0.25, -0.2) is 0 Å². The summed E-state index contributed by atoms with van der Waals surface area (Å²) in [5.74, 6) is -1.39.